The van der Waals surface area contributed by atoms with Gasteiger partial charge in [-0.2, -0.15) is 0 Å². The third-order valence-corrected chi connectivity index (χ3v) is 7.47. The van der Waals surface area contributed by atoms with E-state index in [1.165, 1.54) is 12.1 Å². The van der Waals surface area contributed by atoms with Crippen LogP contribution in [0.2, 0.25) is 5.02 Å². The predicted molar refractivity (Wildman–Crippen MR) is 113 cm³/mol. The zero-order valence-electron chi connectivity index (χ0n) is 16.6. The molecule has 0 aromatic heterocycles. The van der Waals surface area contributed by atoms with E-state index in [-0.39, 0.29) is 11.4 Å². The number of benzene rings is 2. The summed E-state index contributed by atoms with van der Waals surface area (Å²) in [5, 5.41) is 2.30. The maximum absolute atomic E-state index is 13.4. The van der Waals surface area contributed by atoms with Crippen molar-refractivity contribution in [3.63, 3.8) is 0 Å². The third-order valence-electron chi connectivity index (χ3n) is 4.94. The van der Waals surface area contributed by atoms with Crippen molar-refractivity contribution in [2.75, 3.05) is 6.54 Å². The molecule has 156 valence electrons. The van der Waals surface area contributed by atoms with Gasteiger partial charge in [0.15, 0.2) is 9.84 Å². The zero-order chi connectivity index (χ0) is 21.4. The molecule has 2 aromatic carbocycles. The second-order valence-corrected chi connectivity index (χ2v) is 10.7. The van der Waals surface area contributed by atoms with Gasteiger partial charge in [-0.05, 0) is 50.6 Å². The first kappa shape index (κ1) is 21.6. The molecule has 2 aromatic rings. The minimum absolute atomic E-state index is 0.0693. The Hall–Kier alpha value is -2.09. The topological polar surface area (TPSA) is 98.5 Å². The number of carbonyl (C=O) groups is 1. The van der Waals surface area contributed by atoms with E-state index in [9.17, 15) is 13.2 Å². The molecular weight excluding hydrogens is 412 g/mol. The van der Waals surface area contributed by atoms with Gasteiger partial charge >= 0.3 is 6.09 Å². The van der Waals surface area contributed by atoms with Crippen molar-refractivity contribution in [1.82, 2.24) is 5.32 Å². The Labute approximate surface area is 176 Å². The lowest BCUT2D eigenvalue weighted by Gasteiger charge is -2.24. The number of nitrogens with two attached hydrogens (primary N) is 1. The Balaban J connectivity index is 2.04. The molecule has 0 radical (unpaired) electrons. The van der Waals surface area contributed by atoms with Gasteiger partial charge in [-0.15, -0.1) is 0 Å². The van der Waals surface area contributed by atoms with E-state index < -0.39 is 38.2 Å². The van der Waals surface area contributed by atoms with E-state index in [1.807, 2.05) is 0 Å². The van der Waals surface area contributed by atoms with E-state index in [0.717, 1.165) is 0 Å². The maximum Gasteiger partial charge on any atom is 0.408 e. The van der Waals surface area contributed by atoms with Gasteiger partial charge in [0.2, 0.25) is 0 Å². The first-order valence-electron chi connectivity index (χ1n) is 9.27. The quantitative estimate of drug-likeness (QED) is 0.747. The van der Waals surface area contributed by atoms with Gasteiger partial charge in [0.05, 0.1) is 10.4 Å². The number of alkyl carbamates (subject to hydrolysis) is 1. The molecule has 0 spiro atoms. The smallest absolute Gasteiger partial charge is 0.408 e. The predicted octanol–water partition coefficient (Wildman–Crippen LogP) is 3.50. The van der Waals surface area contributed by atoms with Crippen molar-refractivity contribution in [3.8, 4) is 0 Å². The molecular formula is C21H25ClN2O4S. The number of nitrogens with one attached hydrogen (secondary N) is 1. The molecule has 0 aliphatic heterocycles. The van der Waals surface area contributed by atoms with E-state index >= 15 is 0 Å². The Morgan fingerprint density at radius 3 is 2.38 bits per heavy atom. The molecule has 1 saturated carbocycles. The van der Waals surface area contributed by atoms with Crippen molar-refractivity contribution in [3.05, 3.63) is 65.2 Å². The minimum atomic E-state index is -3.78. The van der Waals surface area contributed by atoms with Crippen molar-refractivity contribution >= 4 is 27.5 Å². The molecule has 0 unspecified atom stereocenters. The zero-order valence-corrected chi connectivity index (χ0v) is 18.1. The molecule has 29 heavy (non-hydrogen) atoms. The van der Waals surface area contributed by atoms with Crippen molar-refractivity contribution in [2.24, 2.45) is 5.73 Å². The highest BCUT2D eigenvalue weighted by Gasteiger charge is 2.71. The van der Waals surface area contributed by atoms with Crippen molar-refractivity contribution in [2.45, 2.75) is 48.0 Å². The highest BCUT2D eigenvalue weighted by molar-refractivity contribution is 7.92. The lowest BCUT2D eigenvalue weighted by molar-refractivity contribution is 0.0497. The Morgan fingerprint density at radius 1 is 1.17 bits per heavy atom. The van der Waals surface area contributed by atoms with Crippen LogP contribution in [0.3, 0.4) is 0 Å². The number of hydrogen-bond acceptors (Lipinski definition) is 5. The van der Waals surface area contributed by atoms with Crippen LogP contribution in [-0.2, 0) is 14.6 Å². The van der Waals surface area contributed by atoms with E-state index in [1.54, 1.807) is 63.2 Å². The fraction of sp³-hybridized carbons (Fsp3) is 0.381. The summed E-state index contributed by atoms with van der Waals surface area (Å²) >= 11 is 6.13. The first-order chi connectivity index (χ1) is 13.5. The van der Waals surface area contributed by atoms with Gasteiger partial charge < -0.3 is 15.8 Å². The van der Waals surface area contributed by atoms with Crippen LogP contribution in [0, 0.1) is 0 Å². The van der Waals surface area contributed by atoms with E-state index in [2.05, 4.69) is 5.32 Å². The minimum Gasteiger partial charge on any atom is -0.444 e. The summed E-state index contributed by atoms with van der Waals surface area (Å²) in [5.74, 6) is -0.552. The van der Waals surface area contributed by atoms with Crippen LogP contribution in [0.5, 0.6) is 0 Å². The molecule has 8 heteroatoms. The summed E-state index contributed by atoms with van der Waals surface area (Å²) in [5.41, 5.74) is 4.82. The van der Waals surface area contributed by atoms with Crippen LogP contribution >= 0.6 is 11.6 Å². The lowest BCUT2D eigenvalue weighted by atomic mass is 10.1. The fourth-order valence-electron chi connectivity index (χ4n) is 3.73. The molecule has 3 atom stereocenters. The second-order valence-electron chi connectivity index (χ2n) is 8.18. The number of ether oxygens (including phenoxy) is 1. The summed E-state index contributed by atoms with van der Waals surface area (Å²) in [4.78, 5) is 12.7. The summed E-state index contributed by atoms with van der Waals surface area (Å²) in [6, 6.07) is 15.1. The fourth-order valence-corrected chi connectivity index (χ4v) is 6.29. The number of hydrogen-bond donors (Lipinski definition) is 2. The molecule has 0 heterocycles. The Morgan fingerprint density at radius 2 is 1.83 bits per heavy atom. The van der Waals surface area contributed by atoms with Crippen LogP contribution in [-0.4, -0.2) is 37.4 Å². The number of halogens is 1. The molecule has 0 saturated heterocycles. The second kappa shape index (κ2) is 7.63. The Kier molecular flexibility index (Phi) is 5.69. The van der Waals surface area contributed by atoms with Crippen LogP contribution in [0.25, 0.3) is 0 Å². The molecule has 6 nitrogen and oxygen atoms in total. The molecule has 1 aliphatic rings. The highest BCUT2D eigenvalue weighted by Crippen LogP contribution is 2.57. The number of sulfone groups is 1. The normalized spacial score (nSPS) is 24.0. The average molecular weight is 437 g/mol. The van der Waals surface area contributed by atoms with Crippen LogP contribution < -0.4 is 11.1 Å². The number of amides is 1. The molecule has 1 aliphatic carbocycles. The van der Waals surface area contributed by atoms with Crippen LogP contribution in [0.1, 0.15) is 32.3 Å². The largest absolute Gasteiger partial charge is 0.444 e. The summed E-state index contributed by atoms with van der Waals surface area (Å²) in [6.07, 6.45) is -0.708. The average Bonchev–Trinajstić information content (AvgIpc) is 3.30. The van der Waals surface area contributed by atoms with Gasteiger partial charge in [0.1, 0.15) is 10.9 Å². The van der Waals surface area contributed by atoms with E-state index in [0.29, 0.717) is 10.6 Å². The monoisotopic (exact) mass is 436 g/mol. The van der Waals surface area contributed by atoms with Gasteiger partial charge in [-0.1, -0.05) is 41.9 Å². The SMILES string of the molecule is CC(C)(C)OC(=O)N[C@@]1(CN)[C@@H](c2cccc(Cl)c2)[C@@H]1S(=O)(=O)c1ccccc1. The van der Waals surface area contributed by atoms with Gasteiger partial charge in [0.25, 0.3) is 0 Å². The lowest BCUT2D eigenvalue weighted by Crippen LogP contribution is -2.49. The summed E-state index contributed by atoms with van der Waals surface area (Å²) in [6.45, 7) is 5.14. The van der Waals surface area contributed by atoms with E-state index in [4.69, 9.17) is 22.1 Å². The first-order valence-corrected chi connectivity index (χ1v) is 11.2. The van der Waals surface area contributed by atoms with Gasteiger partial charge in [-0.3, -0.25) is 0 Å². The molecule has 0 bridgehead atoms. The van der Waals surface area contributed by atoms with Gasteiger partial charge in [0, 0.05) is 17.5 Å². The van der Waals surface area contributed by atoms with Gasteiger partial charge in [-0.25, -0.2) is 13.2 Å². The highest BCUT2D eigenvalue weighted by atomic mass is 35.5. The van der Waals surface area contributed by atoms with Crippen LogP contribution in [0.15, 0.2) is 59.5 Å². The van der Waals surface area contributed by atoms with Crippen LogP contribution in [0.4, 0.5) is 4.79 Å². The summed E-state index contributed by atoms with van der Waals surface area (Å²) in [7, 11) is -3.78. The Bertz CT molecular complexity index is 1000. The third kappa shape index (κ3) is 4.27. The van der Waals surface area contributed by atoms with Crippen molar-refractivity contribution < 1.29 is 17.9 Å². The molecule has 1 amide bonds. The summed E-state index contributed by atoms with van der Waals surface area (Å²) < 4.78 is 32.2. The molecule has 3 N–H and O–H groups in total. The number of carbonyl (C=O) groups excluding carboxylic acids is 1. The molecule has 3 rings (SSSR count). The molecule has 1 fully saturated rings. The number of rotatable bonds is 5. The standard InChI is InChI=1S/C21H25ClN2O4S/c1-20(2,3)28-19(25)24-21(13-23)17(14-8-7-9-15(22)12-14)18(21)29(26,27)16-10-5-4-6-11-16/h4-12,17-18H,13,23H2,1-3H3,(H,24,25)/t17-,18-,21-/m0/s1. The van der Waals surface area contributed by atoms with Crippen molar-refractivity contribution in [1.29, 1.82) is 0 Å². The maximum atomic E-state index is 13.4.